The number of hydrogen-bond donors (Lipinski definition) is 1. The van der Waals surface area contributed by atoms with E-state index in [2.05, 4.69) is 10.2 Å². The van der Waals surface area contributed by atoms with Gasteiger partial charge in [0.2, 0.25) is 5.91 Å². The molecule has 0 bridgehead atoms. The summed E-state index contributed by atoms with van der Waals surface area (Å²) in [5, 5.41) is 2.89. The van der Waals surface area contributed by atoms with E-state index < -0.39 is 35.6 Å². The number of carbonyl (C=O) groups excluding carboxylic acids is 2. The van der Waals surface area contributed by atoms with Crippen LogP contribution < -0.4 is 20.0 Å². The molecule has 0 unspecified atom stereocenters. The van der Waals surface area contributed by atoms with Crippen molar-refractivity contribution < 1.29 is 27.5 Å². The minimum atomic E-state index is -2.85. The van der Waals surface area contributed by atoms with Gasteiger partial charge in [0, 0.05) is 37.4 Å². The van der Waals surface area contributed by atoms with Gasteiger partial charge < -0.3 is 19.9 Å². The predicted molar refractivity (Wildman–Crippen MR) is 139 cm³/mol. The molecule has 2 fully saturated rings. The highest BCUT2D eigenvalue weighted by Gasteiger charge is 2.51. The van der Waals surface area contributed by atoms with Crippen LogP contribution in [0.4, 0.5) is 40.7 Å². The second kappa shape index (κ2) is 8.28. The highest BCUT2D eigenvalue weighted by atomic mass is 19.3. The highest BCUT2D eigenvalue weighted by Crippen LogP contribution is 2.48. The summed E-state index contributed by atoms with van der Waals surface area (Å²) in [5.74, 6) is -3.33. The molecule has 1 atom stereocenters. The molecule has 0 aliphatic carbocycles. The Morgan fingerprint density at radius 1 is 1.08 bits per heavy atom. The fourth-order valence-electron chi connectivity index (χ4n) is 6.34. The van der Waals surface area contributed by atoms with Crippen LogP contribution in [-0.4, -0.2) is 55.7 Å². The molecule has 2 saturated heterocycles. The lowest BCUT2D eigenvalue weighted by molar-refractivity contribution is -0.121. The number of anilines is 4. The molecule has 7 nitrogen and oxygen atoms in total. The van der Waals surface area contributed by atoms with Crippen LogP contribution in [0.1, 0.15) is 45.6 Å². The molecule has 4 aliphatic heterocycles. The molecule has 10 heteroatoms. The van der Waals surface area contributed by atoms with Crippen LogP contribution in [0.3, 0.4) is 0 Å². The van der Waals surface area contributed by atoms with Gasteiger partial charge in [0.15, 0.2) is 0 Å². The van der Waals surface area contributed by atoms with Crippen molar-refractivity contribution in [3.8, 4) is 0 Å². The smallest absolute Gasteiger partial charge is 0.414 e. The van der Waals surface area contributed by atoms with Gasteiger partial charge in [-0.2, -0.15) is 0 Å². The van der Waals surface area contributed by atoms with Crippen LogP contribution in [-0.2, 0) is 14.9 Å². The maximum absolute atomic E-state index is 14.5. The Hall–Kier alpha value is -3.43. The Morgan fingerprint density at radius 3 is 2.53 bits per heavy atom. The number of hydrogen-bond acceptors (Lipinski definition) is 5. The molecule has 0 aromatic heterocycles. The highest BCUT2D eigenvalue weighted by molar-refractivity contribution is 6.06. The number of nitrogens with one attached hydrogen (secondary N) is 1. The van der Waals surface area contributed by atoms with Crippen molar-refractivity contribution in [2.75, 3.05) is 46.2 Å². The van der Waals surface area contributed by atoms with Gasteiger partial charge in [-0.25, -0.2) is 18.0 Å². The number of rotatable bonds is 1. The summed E-state index contributed by atoms with van der Waals surface area (Å²) in [4.78, 5) is 31.3. The van der Waals surface area contributed by atoms with Crippen molar-refractivity contribution in [2.45, 2.75) is 63.0 Å². The average molecular weight is 529 g/mol. The van der Waals surface area contributed by atoms with Crippen LogP contribution in [0.15, 0.2) is 36.4 Å². The SMILES string of the molecule is CC(C)(C)OC(=O)N1C[C@@H]2CC(F)(F)CN2c2cc(N3CCC4(CC3)C(=O)Nc3ccc(F)cc34)ccc21. The van der Waals surface area contributed by atoms with Crippen LogP contribution in [0, 0.1) is 5.82 Å². The topological polar surface area (TPSA) is 65.1 Å². The molecule has 1 spiro atoms. The maximum atomic E-state index is 14.5. The van der Waals surface area contributed by atoms with Crippen molar-refractivity contribution in [3.05, 3.63) is 47.8 Å². The van der Waals surface area contributed by atoms with E-state index in [1.165, 1.54) is 17.0 Å². The first-order valence-corrected chi connectivity index (χ1v) is 13.0. The van der Waals surface area contributed by atoms with Gasteiger partial charge in [-0.15, -0.1) is 0 Å². The standard InChI is InChI=1S/C28H31F3N4O3/c1-26(2,3)38-25(37)34-15-19-14-28(30,31)16-35(19)23-13-18(5-7-22(23)34)33-10-8-27(9-11-33)20-12-17(29)4-6-21(20)32-24(27)36/h4-7,12-13,19H,8-11,14-16H2,1-3H3,(H,32,36)/t19-/m0/s1. The summed E-state index contributed by atoms with van der Waals surface area (Å²) in [6.07, 6.45) is 0.119. The van der Waals surface area contributed by atoms with E-state index in [-0.39, 0.29) is 24.7 Å². The van der Waals surface area contributed by atoms with Gasteiger partial charge in [0.25, 0.3) is 5.92 Å². The van der Waals surface area contributed by atoms with E-state index >= 15 is 0 Å². The van der Waals surface area contributed by atoms with Crippen LogP contribution in [0.2, 0.25) is 0 Å². The Kier molecular flexibility index (Phi) is 5.42. The number of nitrogens with zero attached hydrogens (tertiary/aromatic N) is 3. The number of ether oxygens (including phenoxy) is 1. The number of benzene rings is 2. The molecule has 2 aromatic carbocycles. The van der Waals surface area contributed by atoms with Gasteiger partial charge >= 0.3 is 6.09 Å². The molecular weight excluding hydrogens is 497 g/mol. The molecule has 4 aliphatic rings. The van der Waals surface area contributed by atoms with Crippen LogP contribution in [0.5, 0.6) is 0 Å². The van der Waals surface area contributed by atoms with Gasteiger partial charge in [-0.1, -0.05) is 0 Å². The molecular formula is C28H31F3N4O3. The molecule has 202 valence electrons. The fourth-order valence-corrected chi connectivity index (χ4v) is 6.34. The van der Waals surface area contributed by atoms with E-state index in [0.29, 0.717) is 48.6 Å². The predicted octanol–water partition coefficient (Wildman–Crippen LogP) is 5.29. The number of halogens is 3. The average Bonchev–Trinajstić information content (AvgIpc) is 3.30. The molecule has 38 heavy (non-hydrogen) atoms. The molecule has 0 saturated carbocycles. The summed E-state index contributed by atoms with van der Waals surface area (Å²) in [6.45, 7) is 6.13. The van der Waals surface area contributed by atoms with Gasteiger partial charge in [0.1, 0.15) is 11.4 Å². The third-order valence-electron chi connectivity index (χ3n) is 8.11. The van der Waals surface area contributed by atoms with E-state index in [4.69, 9.17) is 4.74 Å². The second-order valence-electron chi connectivity index (χ2n) is 11.8. The molecule has 4 heterocycles. The lowest BCUT2D eigenvalue weighted by atomic mass is 9.73. The Balaban J connectivity index is 1.29. The third-order valence-corrected chi connectivity index (χ3v) is 8.11. The van der Waals surface area contributed by atoms with Gasteiger partial charge in [-0.3, -0.25) is 9.69 Å². The minimum absolute atomic E-state index is 0.113. The lowest BCUT2D eigenvalue weighted by Crippen LogP contribution is -2.50. The van der Waals surface area contributed by atoms with Crippen molar-refractivity contribution >= 4 is 34.7 Å². The number of fused-ring (bicyclic) bond motifs is 5. The first-order chi connectivity index (χ1) is 17.9. The summed E-state index contributed by atoms with van der Waals surface area (Å²) in [7, 11) is 0. The van der Waals surface area contributed by atoms with Crippen molar-refractivity contribution in [3.63, 3.8) is 0 Å². The number of alkyl halides is 2. The molecule has 0 radical (unpaired) electrons. The fraction of sp³-hybridized carbons (Fsp3) is 0.500. The van der Waals surface area contributed by atoms with Crippen LogP contribution >= 0.6 is 0 Å². The minimum Gasteiger partial charge on any atom is -0.443 e. The zero-order chi connectivity index (χ0) is 27.0. The van der Waals surface area contributed by atoms with Crippen molar-refractivity contribution in [1.82, 2.24) is 0 Å². The molecule has 1 N–H and O–H groups in total. The molecule has 2 amide bonds. The van der Waals surface area contributed by atoms with Crippen LogP contribution in [0.25, 0.3) is 0 Å². The van der Waals surface area contributed by atoms with Crippen molar-refractivity contribution in [1.29, 1.82) is 0 Å². The van der Waals surface area contributed by atoms with Gasteiger partial charge in [0.05, 0.1) is 29.4 Å². The number of amides is 2. The first kappa shape index (κ1) is 24.9. The van der Waals surface area contributed by atoms with Crippen molar-refractivity contribution in [2.24, 2.45) is 0 Å². The zero-order valence-electron chi connectivity index (χ0n) is 21.7. The summed E-state index contributed by atoms with van der Waals surface area (Å²) in [5.41, 5.74) is 1.81. The first-order valence-electron chi connectivity index (χ1n) is 13.0. The third kappa shape index (κ3) is 4.05. The van der Waals surface area contributed by atoms with E-state index in [0.717, 1.165) is 5.69 Å². The molecule has 2 aromatic rings. The Morgan fingerprint density at radius 2 is 1.82 bits per heavy atom. The lowest BCUT2D eigenvalue weighted by Gasteiger charge is -2.42. The normalized spacial score (nSPS) is 23.2. The molecule has 6 rings (SSSR count). The maximum Gasteiger partial charge on any atom is 0.414 e. The monoisotopic (exact) mass is 528 g/mol. The number of carbonyl (C=O) groups is 2. The summed E-state index contributed by atoms with van der Waals surface area (Å²) < 4.78 is 48.6. The summed E-state index contributed by atoms with van der Waals surface area (Å²) >= 11 is 0. The largest absolute Gasteiger partial charge is 0.443 e. The zero-order valence-corrected chi connectivity index (χ0v) is 21.7. The van der Waals surface area contributed by atoms with Gasteiger partial charge in [-0.05, 0) is 75.6 Å². The summed E-state index contributed by atoms with van der Waals surface area (Å²) in [6, 6.07) is 9.41. The quantitative estimate of drug-likeness (QED) is 0.545. The van der Waals surface area contributed by atoms with E-state index in [1.807, 2.05) is 12.1 Å². The van der Waals surface area contributed by atoms with E-state index in [9.17, 15) is 22.8 Å². The Bertz CT molecular complexity index is 1320. The number of piperidine rings is 1. The van der Waals surface area contributed by atoms with E-state index in [1.54, 1.807) is 37.8 Å². The Labute approximate surface area is 219 Å². The second-order valence-corrected chi connectivity index (χ2v) is 11.8.